The fourth-order valence-corrected chi connectivity index (χ4v) is 2.69. The topological polar surface area (TPSA) is 91.1 Å². The van der Waals surface area contributed by atoms with Crippen molar-refractivity contribution in [2.75, 3.05) is 6.54 Å². The number of rotatable bonds is 5. The van der Waals surface area contributed by atoms with Gasteiger partial charge < -0.3 is 5.73 Å². The number of hydrogen-bond acceptors (Lipinski definition) is 6. The minimum absolute atomic E-state index is 0.0743. The average Bonchev–Trinajstić information content (AvgIpc) is 3.05. The van der Waals surface area contributed by atoms with Crippen LogP contribution in [0.2, 0.25) is 0 Å². The molecule has 0 spiro atoms. The van der Waals surface area contributed by atoms with E-state index >= 15 is 0 Å². The van der Waals surface area contributed by atoms with Crippen LogP contribution < -0.4 is 11.3 Å². The molecule has 0 amide bonds. The normalized spacial score (nSPS) is 11.2. The van der Waals surface area contributed by atoms with Gasteiger partial charge in [0.2, 0.25) is 0 Å². The van der Waals surface area contributed by atoms with Crippen molar-refractivity contribution < 1.29 is 0 Å². The van der Waals surface area contributed by atoms with Crippen molar-refractivity contribution in [3.63, 3.8) is 0 Å². The van der Waals surface area contributed by atoms with Crippen LogP contribution in [-0.2, 0) is 13.0 Å². The van der Waals surface area contributed by atoms with Crippen LogP contribution in [-0.4, -0.2) is 30.9 Å². The van der Waals surface area contributed by atoms with Gasteiger partial charge >= 0.3 is 0 Å². The van der Waals surface area contributed by atoms with Gasteiger partial charge in [-0.3, -0.25) is 9.20 Å². The maximum Gasteiger partial charge on any atom is 0.258 e. The fourth-order valence-electron chi connectivity index (χ4n) is 1.95. The van der Waals surface area contributed by atoms with Gasteiger partial charge in [-0.15, -0.1) is 16.4 Å². The van der Waals surface area contributed by atoms with Crippen molar-refractivity contribution in [3.05, 3.63) is 45.6 Å². The number of thiazole rings is 1. The molecule has 0 aliphatic heterocycles. The Labute approximate surface area is 118 Å². The largest absolute Gasteiger partial charge is 0.330 e. The molecular formula is C12H14N6OS. The smallest absolute Gasteiger partial charge is 0.258 e. The van der Waals surface area contributed by atoms with E-state index in [4.69, 9.17) is 5.73 Å². The highest BCUT2D eigenvalue weighted by Gasteiger charge is 2.06. The second-order valence-corrected chi connectivity index (χ2v) is 5.31. The highest BCUT2D eigenvalue weighted by atomic mass is 32.1. The van der Waals surface area contributed by atoms with Crippen LogP contribution in [0.15, 0.2) is 28.6 Å². The Morgan fingerprint density at radius 1 is 1.35 bits per heavy atom. The zero-order chi connectivity index (χ0) is 13.9. The molecule has 7 nitrogen and oxygen atoms in total. The summed E-state index contributed by atoms with van der Waals surface area (Å²) in [5, 5.41) is 9.96. The quantitative estimate of drug-likeness (QED) is 0.729. The summed E-state index contributed by atoms with van der Waals surface area (Å²) in [4.78, 5) is 17.0. The highest BCUT2D eigenvalue weighted by Crippen LogP contribution is 2.07. The molecule has 2 N–H and O–H groups in total. The average molecular weight is 290 g/mol. The van der Waals surface area contributed by atoms with E-state index in [9.17, 15) is 4.79 Å². The van der Waals surface area contributed by atoms with Gasteiger partial charge in [0.1, 0.15) is 0 Å². The number of aryl methyl sites for hydroxylation is 1. The summed E-state index contributed by atoms with van der Waals surface area (Å²) in [5.74, 6) is 0. The predicted molar refractivity (Wildman–Crippen MR) is 75.8 cm³/mol. The van der Waals surface area contributed by atoms with E-state index in [-0.39, 0.29) is 5.56 Å². The second kappa shape index (κ2) is 5.51. The first kappa shape index (κ1) is 12.9. The van der Waals surface area contributed by atoms with Crippen LogP contribution in [0, 0.1) is 0 Å². The Morgan fingerprint density at radius 3 is 3.10 bits per heavy atom. The summed E-state index contributed by atoms with van der Waals surface area (Å²) in [6, 6.07) is 1.53. The van der Waals surface area contributed by atoms with Gasteiger partial charge in [0.25, 0.3) is 5.56 Å². The first-order valence-corrected chi connectivity index (χ1v) is 7.19. The number of aromatic nitrogens is 5. The van der Waals surface area contributed by atoms with Crippen LogP contribution in [0.3, 0.4) is 0 Å². The molecule has 3 aromatic rings. The second-order valence-electron chi connectivity index (χ2n) is 4.44. The number of nitrogens with two attached hydrogens (primary N) is 1. The summed E-state index contributed by atoms with van der Waals surface area (Å²) in [6.45, 7) is 1.08. The molecule has 3 aromatic heterocycles. The van der Waals surface area contributed by atoms with Crippen LogP contribution >= 0.6 is 11.3 Å². The van der Waals surface area contributed by atoms with Crippen molar-refractivity contribution in [3.8, 4) is 0 Å². The van der Waals surface area contributed by atoms with Crippen molar-refractivity contribution in [2.24, 2.45) is 5.73 Å². The maximum atomic E-state index is 11.9. The zero-order valence-electron chi connectivity index (χ0n) is 10.8. The molecule has 0 radical (unpaired) electrons. The molecule has 0 fully saturated rings. The van der Waals surface area contributed by atoms with Crippen molar-refractivity contribution >= 4 is 16.3 Å². The van der Waals surface area contributed by atoms with E-state index in [1.807, 2.05) is 11.6 Å². The minimum Gasteiger partial charge on any atom is -0.330 e. The number of hydrogen-bond donors (Lipinski definition) is 1. The molecular weight excluding hydrogens is 276 g/mol. The van der Waals surface area contributed by atoms with Gasteiger partial charge in [0, 0.05) is 23.8 Å². The molecule has 3 rings (SSSR count). The van der Waals surface area contributed by atoms with E-state index in [1.54, 1.807) is 10.9 Å². The van der Waals surface area contributed by atoms with Gasteiger partial charge in [-0.1, -0.05) is 5.21 Å². The van der Waals surface area contributed by atoms with E-state index in [1.165, 1.54) is 21.8 Å². The molecule has 0 atom stereocenters. The Kier molecular flexibility index (Phi) is 3.57. The molecule has 8 heteroatoms. The monoisotopic (exact) mass is 290 g/mol. The first-order valence-electron chi connectivity index (χ1n) is 6.31. The maximum absolute atomic E-state index is 11.9. The van der Waals surface area contributed by atoms with E-state index in [0.717, 1.165) is 18.5 Å². The van der Waals surface area contributed by atoms with E-state index < -0.39 is 0 Å². The number of fused-ring (bicyclic) bond motifs is 1. The predicted octanol–water partition coefficient (Wildman–Crippen LogP) is 0.287. The van der Waals surface area contributed by atoms with Crippen molar-refractivity contribution in [1.82, 2.24) is 24.4 Å². The SMILES string of the molecule is NCCCc1cn(Cc2cc(=O)n3ccsc3n2)nn1. The molecule has 0 saturated carbocycles. The van der Waals surface area contributed by atoms with Gasteiger partial charge in [-0.05, 0) is 19.4 Å². The Balaban J connectivity index is 1.81. The lowest BCUT2D eigenvalue weighted by atomic mass is 10.2. The Bertz CT molecular complexity index is 773. The van der Waals surface area contributed by atoms with Gasteiger partial charge in [0.05, 0.1) is 17.9 Å². The van der Waals surface area contributed by atoms with Crippen molar-refractivity contribution in [1.29, 1.82) is 0 Å². The van der Waals surface area contributed by atoms with E-state index in [2.05, 4.69) is 15.3 Å². The van der Waals surface area contributed by atoms with Crippen LogP contribution in [0.25, 0.3) is 4.96 Å². The zero-order valence-corrected chi connectivity index (χ0v) is 11.6. The summed E-state index contributed by atoms with van der Waals surface area (Å²) < 4.78 is 3.22. The molecule has 20 heavy (non-hydrogen) atoms. The summed E-state index contributed by atoms with van der Waals surface area (Å²) in [5.41, 5.74) is 6.99. The Morgan fingerprint density at radius 2 is 2.25 bits per heavy atom. The van der Waals surface area contributed by atoms with E-state index in [0.29, 0.717) is 23.7 Å². The standard InChI is InChI=1S/C12H14N6OS/c13-3-1-2-9-7-17(16-15-9)8-10-6-11(19)18-4-5-20-12(18)14-10/h4-7H,1-3,8,13H2. The van der Waals surface area contributed by atoms with Crippen molar-refractivity contribution in [2.45, 2.75) is 19.4 Å². The summed E-state index contributed by atoms with van der Waals surface area (Å²) >= 11 is 1.44. The van der Waals surface area contributed by atoms with Crippen LogP contribution in [0.1, 0.15) is 17.8 Å². The van der Waals surface area contributed by atoms with Gasteiger partial charge in [0.15, 0.2) is 4.96 Å². The fraction of sp³-hybridized carbons (Fsp3) is 0.333. The van der Waals surface area contributed by atoms with Gasteiger partial charge in [-0.2, -0.15) is 0 Å². The molecule has 0 bridgehead atoms. The molecule has 104 valence electrons. The number of nitrogens with zero attached hydrogens (tertiary/aromatic N) is 5. The van der Waals surface area contributed by atoms with Crippen LogP contribution in [0.4, 0.5) is 0 Å². The van der Waals surface area contributed by atoms with Crippen LogP contribution in [0.5, 0.6) is 0 Å². The molecule has 3 heterocycles. The van der Waals surface area contributed by atoms with Gasteiger partial charge in [-0.25, -0.2) is 9.67 Å². The lowest BCUT2D eigenvalue weighted by Crippen LogP contribution is -2.14. The third-order valence-electron chi connectivity index (χ3n) is 2.90. The Hall–Kier alpha value is -2.06. The lowest BCUT2D eigenvalue weighted by Gasteiger charge is -2.00. The molecule has 0 saturated heterocycles. The molecule has 0 aliphatic rings. The third-order valence-corrected chi connectivity index (χ3v) is 3.66. The summed E-state index contributed by atoms with van der Waals surface area (Å²) in [7, 11) is 0. The first-order chi connectivity index (χ1) is 9.76. The molecule has 0 unspecified atom stereocenters. The minimum atomic E-state index is -0.0743. The third kappa shape index (κ3) is 2.61. The highest BCUT2D eigenvalue weighted by molar-refractivity contribution is 7.15. The summed E-state index contributed by atoms with van der Waals surface area (Å²) in [6.07, 6.45) is 5.29. The molecule has 0 aromatic carbocycles. The lowest BCUT2D eigenvalue weighted by molar-refractivity contribution is 0.637. The molecule has 0 aliphatic carbocycles.